The number of unbranched alkanes of at least 4 members (excludes halogenated alkanes) is 8. The van der Waals surface area contributed by atoms with Crippen LogP contribution in [-0.4, -0.2) is 5.78 Å². The van der Waals surface area contributed by atoms with Gasteiger partial charge in [0.25, 0.3) is 0 Å². The number of allylic oxidation sites excluding steroid dienone is 2. The lowest BCUT2D eigenvalue weighted by Crippen LogP contribution is -2.01. The topological polar surface area (TPSA) is 17.1 Å². The van der Waals surface area contributed by atoms with Crippen molar-refractivity contribution in [2.75, 3.05) is 0 Å². The van der Waals surface area contributed by atoms with Gasteiger partial charge in [0.2, 0.25) is 0 Å². The van der Waals surface area contributed by atoms with Crippen molar-refractivity contribution in [1.29, 1.82) is 0 Å². The minimum atomic E-state index is 0.298. The minimum Gasteiger partial charge on any atom is -0.295 e. The Morgan fingerprint density at radius 3 is 1.55 bits per heavy atom. The lowest BCUT2D eigenvalue weighted by atomic mass is 9.95. The van der Waals surface area contributed by atoms with E-state index in [1.807, 2.05) is 0 Å². The van der Waals surface area contributed by atoms with Crippen molar-refractivity contribution >= 4 is 5.78 Å². The van der Waals surface area contributed by atoms with Crippen molar-refractivity contribution < 1.29 is 4.79 Å². The second kappa shape index (κ2) is 13.4. The number of hydrogen-bond donors (Lipinski definition) is 0. The normalized spacial score (nSPS) is 12.4. The minimum absolute atomic E-state index is 0.298. The molecule has 0 amide bonds. The molecule has 0 aromatic carbocycles. The van der Waals surface area contributed by atoms with E-state index in [2.05, 4.69) is 20.8 Å². The molecular weight excluding hydrogens is 244 g/mol. The van der Waals surface area contributed by atoms with Crippen molar-refractivity contribution in [3.8, 4) is 0 Å². The second-order valence-corrected chi connectivity index (χ2v) is 6.14. The molecule has 0 aliphatic rings. The molecule has 0 fully saturated rings. The fourth-order valence-electron chi connectivity index (χ4n) is 2.74. The van der Waals surface area contributed by atoms with E-state index in [-0.39, 0.29) is 0 Å². The Morgan fingerprint density at radius 2 is 1.10 bits per heavy atom. The maximum atomic E-state index is 11.8. The molecule has 0 unspecified atom stereocenters. The SMILES string of the molecule is CCCCCCC/C(C)=C(/CCCCCCC)C(C)=O. The Morgan fingerprint density at radius 1 is 0.650 bits per heavy atom. The van der Waals surface area contributed by atoms with E-state index in [4.69, 9.17) is 0 Å². The third-order valence-corrected chi connectivity index (χ3v) is 4.13. The zero-order valence-corrected chi connectivity index (χ0v) is 14.4. The fraction of sp³-hybridized carbons (Fsp3) is 0.842. The molecule has 20 heavy (non-hydrogen) atoms. The van der Waals surface area contributed by atoms with Gasteiger partial charge in [0.1, 0.15) is 0 Å². The fourth-order valence-corrected chi connectivity index (χ4v) is 2.74. The van der Waals surface area contributed by atoms with Crippen LogP contribution < -0.4 is 0 Å². The smallest absolute Gasteiger partial charge is 0.155 e. The predicted octanol–water partition coefficient (Wildman–Crippen LogP) is 6.61. The van der Waals surface area contributed by atoms with Gasteiger partial charge in [-0.3, -0.25) is 4.79 Å². The van der Waals surface area contributed by atoms with Crippen molar-refractivity contribution in [3.63, 3.8) is 0 Å². The quantitative estimate of drug-likeness (QED) is 0.274. The summed E-state index contributed by atoms with van der Waals surface area (Å²) in [7, 11) is 0. The number of carbonyl (C=O) groups is 1. The van der Waals surface area contributed by atoms with Crippen LogP contribution in [-0.2, 0) is 4.79 Å². The van der Waals surface area contributed by atoms with Gasteiger partial charge in [-0.2, -0.15) is 0 Å². The molecule has 0 heterocycles. The van der Waals surface area contributed by atoms with Crippen molar-refractivity contribution in [2.24, 2.45) is 0 Å². The summed E-state index contributed by atoms with van der Waals surface area (Å²) in [6.07, 6.45) is 15.1. The van der Waals surface area contributed by atoms with Crippen LogP contribution in [0, 0.1) is 0 Å². The van der Waals surface area contributed by atoms with Crippen molar-refractivity contribution in [1.82, 2.24) is 0 Å². The Balaban J connectivity index is 4.05. The van der Waals surface area contributed by atoms with Gasteiger partial charge in [-0.25, -0.2) is 0 Å². The Kier molecular flexibility index (Phi) is 13.0. The summed E-state index contributed by atoms with van der Waals surface area (Å²) in [4.78, 5) is 11.8. The van der Waals surface area contributed by atoms with E-state index in [1.165, 1.54) is 69.8 Å². The van der Waals surface area contributed by atoms with Crippen LogP contribution in [0.5, 0.6) is 0 Å². The monoisotopic (exact) mass is 280 g/mol. The molecule has 0 aromatic rings. The molecule has 0 saturated heterocycles. The standard InChI is InChI=1S/C19H36O/c1-5-7-9-11-13-15-17(3)19(18(4)20)16-14-12-10-8-6-2/h5-16H2,1-4H3/b19-17-. The molecule has 0 bridgehead atoms. The largest absolute Gasteiger partial charge is 0.295 e. The molecule has 0 aliphatic carbocycles. The first-order valence-corrected chi connectivity index (χ1v) is 8.83. The van der Waals surface area contributed by atoms with Crippen LogP contribution in [0.2, 0.25) is 0 Å². The molecule has 118 valence electrons. The third-order valence-electron chi connectivity index (χ3n) is 4.13. The lowest BCUT2D eigenvalue weighted by molar-refractivity contribution is -0.113. The first-order valence-electron chi connectivity index (χ1n) is 8.83. The lowest BCUT2D eigenvalue weighted by Gasteiger charge is -2.10. The highest BCUT2D eigenvalue weighted by Gasteiger charge is 2.08. The maximum Gasteiger partial charge on any atom is 0.155 e. The maximum absolute atomic E-state index is 11.8. The Bertz CT molecular complexity index is 275. The average molecular weight is 280 g/mol. The summed E-state index contributed by atoms with van der Waals surface area (Å²) in [5.74, 6) is 0.298. The highest BCUT2D eigenvalue weighted by Crippen LogP contribution is 2.20. The van der Waals surface area contributed by atoms with Crippen LogP contribution in [0.15, 0.2) is 11.1 Å². The van der Waals surface area contributed by atoms with E-state index in [0.717, 1.165) is 18.4 Å². The second-order valence-electron chi connectivity index (χ2n) is 6.14. The van der Waals surface area contributed by atoms with E-state index in [9.17, 15) is 4.79 Å². The predicted molar refractivity (Wildman–Crippen MR) is 90.1 cm³/mol. The number of ketones is 1. The van der Waals surface area contributed by atoms with Gasteiger partial charge < -0.3 is 0 Å². The van der Waals surface area contributed by atoms with Gasteiger partial charge >= 0.3 is 0 Å². The Labute approximate surface area is 127 Å². The Hall–Kier alpha value is -0.590. The van der Waals surface area contributed by atoms with Gasteiger partial charge in [0, 0.05) is 0 Å². The van der Waals surface area contributed by atoms with Gasteiger partial charge in [-0.15, -0.1) is 0 Å². The van der Waals surface area contributed by atoms with Gasteiger partial charge in [-0.1, -0.05) is 70.8 Å². The number of hydrogen-bond acceptors (Lipinski definition) is 1. The molecule has 1 nitrogen and oxygen atoms in total. The molecular formula is C19H36O. The van der Waals surface area contributed by atoms with E-state index >= 15 is 0 Å². The summed E-state index contributed by atoms with van der Waals surface area (Å²) in [5.41, 5.74) is 2.47. The van der Waals surface area contributed by atoms with Crippen LogP contribution in [0.1, 0.15) is 105 Å². The van der Waals surface area contributed by atoms with Crippen LogP contribution in [0.25, 0.3) is 0 Å². The molecule has 0 N–H and O–H groups in total. The van der Waals surface area contributed by atoms with E-state index < -0.39 is 0 Å². The van der Waals surface area contributed by atoms with Gasteiger partial charge in [-0.05, 0) is 45.1 Å². The highest BCUT2D eigenvalue weighted by molar-refractivity contribution is 5.93. The first kappa shape index (κ1) is 19.4. The molecule has 0 aromatic heterocycles. The number of carbonyl (C=O) groups excluding carboxylic acids is 1. The van der Waals surface area contributed by atoms with Gasteiger partial charge in [0.05, 0.1) is 0 Å². The summed E-state index contributed by atoms with van der Waals surface area (Å²) in [6.45, 7) is 8.39. The highest BCUT2D eigenvalue weighted by atomic mass is 16.1. The molecule has 0 rings (SSSR count). The summed E-state index contributed by atoms with van der Waals surface area (Å²) in [6, 6.07) is 0. The molecule has 0 saturated carbocycles. The van der Waals surface area contributed by atoms with Crippen LogP contribution >= 0.6 is 0 Å². The van der Waals surface area contributed by atoms with Crippen molar-refractivity contribution in [3.05, 3.63) is 11.1 Å². The number of rotatable bonds is 13. The summed E-state index contributed by atoms with van der Waals surface area (Å²) < 4.78 is 0. The zero-order chi connectivity index (χ0) is 15.2. The molecule has 1 heteroatoms. The average Bonchev–Trinajstić information content (AvgIpc) is 2.42. The molecule has 0 radical (unpaired) electrons. The van der Waals surface area contributed by atoms with Crippen LogP contribution in [0.4, 0.5) is 0 Å². The molecule has 0 atom stereocenters. The third kappa shape index (κ3) is 10.2. The van der Waals surface area contributed by atoms with E-state index in [1.54, 1.807) is 6.92 Å². The first-order chi connectivity index (χ1) is 9.63. The summed E-state index contributed by atoms with van der Waals surface area (Å²) >= 11 is 0. The zero-order valence-electron chi connectivity index (χ0n) is 14.4. The molecule has 0 aliphatic heterocycles. The summed E-state index contributed by atoms with van der Waals surface area (Å²) in [5, 5.41) is 0. The van der Waals surface area contributed by atoms with Gasteiger partial charge in [0.15, 0.2) is 5.78 Å². The molecule has 0 spiro atoms. The van der Waals surface area contributed by atoms with Crippen molar-refractivity contribution in [2.45, 2.75) is 105 Å². The van der Waals surface area contributed by atoms with E-state index in [0.29, 0.717) is 5.78 Å². The number of Topliss-reactive ketones (excluding diaryl/α,β-unsaturated/α-hetero) is 1. The van der Waals surface area contributed by atoms with Crippen LogP contribution in [0.3, 0.4) is 0 Å².